The van der Waals surface area contributed by atoms with Crippen LogP contribution >= 0.6 is 0 Å². The molecule has 1 fully saturated rings. The quantitative estimate of drug-likeness (QED) is 0.864. The molecule has 0 unspecified atom stereocenters. The number of para-hydroxylation sites is 1. The van der Waals surface area contributed by atoms with Gasteiger partial charge in [-0.1, -0.05) is 49.3 Å². The van der Waals surface area contributed by atoms with Crippen molar-refractivity contribution in [2.24, 2.45) is 0 Å². The number of benzene rings is 1. The highest BCUT2D eigenvalue weighted by Crippen LogP contribution is 2.40. The van der Waals surface area contributed by atoms with Gasteiger partial charge in [-0.05, 0) is 36.5 Å². The Hall–Kier alpha value is -2.13. The summed E-state index contributed by atoms with van der Waals surface area (Å²) in [5.74, 6) is 1.52. The van der Waals surface area contributed by atoms with Crippen LogP contribution in [0.3, 0.4) is 0 Å². The van der Waals surface area contributed by atoms with Gasteiger partial charge in [0.05, 0.1) is 12.3 Å². The SMILES string of the molecule is OC/C=C/c1cccc(C2CCCC2)c1OCc1ccccn1. The molecule has 0 aliphatic heterocycles. The monoisotopic (exact) mass is 309 g/mol. The van der Waals surface area contributed by atoms with E-state index in [-0.39, 0.29) is 6.61 Å². The van der Waals surface area contributed by atoms with Gasteiger partial charge in [-0.3, -0.25) is 4.98 Å². The third-order valence-corrected chi connectivity index (χ3v) is 4.36. The summed E-state index contributed by atoms with van der Waals surface area (Å²) in [5, 5.41) is 9.07. The number of hydrogen-bond acceptors (Lipinski definition) is 3. The number of nitrogens with zero attached hydrogens (tertiary/aromatic N) is 1. The lowest BCUT2D eigenvalue weighted by atomic mass is 9.94. The van der Waals surface area contributed by atoms with Gasteiger partial charge < -0.3 is 9.84 Å². The van der Waals surface area contributed by atoms with Crippen LogP contribution in [0.25, 0.3) is 6.08 Å². The molecule has 2 aromatic rings. The summed E-state index contributed by atoms with van der Waals surface area (Å²) < 4.78 is 6.17. The smallest absolute Gasteiger partial charge is 0.130 e. The highest BCUT2D eigenvalue weighted by Gasteiger charge is 2.22. The van der Waals surface area contributed by atoms with E-state index in [1.807, 2.05) is 30.3 Å². The van der Waals surface area contributed by atoms with Gasteiger partial charge in [0.15, 0.2) is 0 Å². The molecule has 1 aliphatic carbocycles. The summed E-state index contributed by atoms with van der Waals surface area (Å²) in [5.41, 5.74) is 3.24. The van der Waals surface area contributed by atoms with Crippen molar-refractivity contribution in [2.45, 2.75) is 38.2 Å². The largest absolute Gasteiger partial charge is 0.486 e. The summed E-state index contributed by atoms with van der Waals surface area (Å²) >= 11 is 0. The van der Waals surface area contributed by atoms with Gasteiger partial charge in [0.1, 0.15) is 12.4 Å². The van der Waals surface area contributed by atoms with E-state index in [1.54, 1.807) is 12.3 Å². The molecule has 0 saturated heterocycles. The molecule has 0 spiro atoms. The number of aliphatic hydroxyl groups is 1. The van der Waals surface area contributed by atoms with E-state index in [0.717, 1.165) is 17.0 Å². The average molecular weight is 309 g/mol. The Morgan fingerprint density at radius 1 is 1.13 bits per heavy atom. The number of pyridine rings is 1. The van der Waals surface area contributed by atoms with Gasteiger partial charge >= 0.3 is 0 Å². The lowest BCUT2D eigenvalue weighted by molar-refractivity contribution is 0.295. The van der Waals surface area contributed by atoms with Crippen LogP contribution in [-0.4, -0.2) is 16.7 Å². The topological polar surface area (TPSA) is 42.4 Å². The maximum atomic E-state index is 9.07. The van der Waals surface area contributed by atoms with Crippen molar-refractivity contribution in [1.29, 1.82) is 0 Å². The molecule has 1 aliphatic rings. The molecule has 1 aromatic carbocycles. The van der Waals surface area contributed by atoms with Gasteiger partial charge in [0.2, 0.25) is 0 Å². The molecule has 23 heavy (non-hydrogen) atoms. The first-order valence-electron chi connectivity index (χ1n) is 8.31. The molecule has 0 bridgehead atoms. The highest BCUT2D eigenvalue weighted by molar-refractivity contribution is 5.60. The van der Waals surface area contributed by atoms with E-state index in [9.17, 15) is 0 Å². The molecular formula is C20H23NO2. The van der Waals surface area contributed by atoms with Crippen LogP contribution in [0.5, 0.6) is 5.75 Å². The highest BCUT2D eigenvalue weighted by atomic mass is 16.5. The van der Waals surface area contributed by atoms with Crippen LogP contribution in [0, 0.1) is 0 Å². The second-order valence-electron chi connectivity index (χ2n) is 5.94. The van der Waals surface area contributed by atoms with Crippen LogP contribution in [0.1, 0.15) is 48.4 Å². The predicted molar refractivity (Wildman–Crippen MR) is 92.3 cm³/mol. The van der Waals surface area contributed by atoms with E-state index in [0.29, 0.717) is 12.5 Å². The van der Waals surface area contributed by atoms with E-state index < -0.39 is 0 Å². The van der Waals surface area contributed by atoms with Crippen LogP contribution in [0.2, 0.25) is 0 Å². The van der Waals surface area contributed by atoms with E-state index in [4.69, 9.17) is 9.84 Å². The van der Waals surface area contributed by atoms with Gasteiger partial charge in [0, 0.05) is 11.8 Å². The Labute approximate surface area is 137 Å². The molecule has 1 aromatic heterocycles. The van der Waals surface area contributed by atoms with E-state index in [1.165, 1.54) is 31.2 Å². The maximum Gasteiger partial charge on any atom is 0.130 e. The number of aromatic nitrogens is 1. The minimum absolute atomic E-state index is 0.0351. The zero-order valence-corrected chi connectivity index (χ0v) is 13.3. The van der Waals surface area contributed by atoms with Gasteiger partial charge in [-0.25, -0.2) is 0 Å². The normalized spacial score (nSPS) is 15.3. The minimum atomic E-state index is 0.0351. The van der Waals surface area contributed by atoms with Gasteiger partial charge in [-0.15, -0.1) is 0 Å². The number of aliphatic hydroxyl groups excluding tert-OH is 1. The third-order valence-electron chi connectivity index (χ3n) is 4.36. The van der Waals surface area contributed by atoms with Crippen LogP contribution in [0.15, 0.2) is 48.7 Å². The van der Waals surface area contributed by atoms with Crippen molar-refractivity contribution in [1.82, 2.24) is 4.98 Å². The fourth-order valence-corrected chi connectivity index (χ4v) is 3.24. The van der Waals surface area contributed by atoms with Crippen LogP contribution in [-0.2, 0) is 6.61 Å². The molecular weight excluding hydrogens is 286 g/mol. The maximum absolute atomic E-state index is 9.07. The Bertz CT molecular complexity index is 646. The summed E-state index contributed by atoms with van der Waals surface area (Å²) in [4.78, 5) is 4.33. The second kappa shape index (κ2) is 7.93. The van der Waals surface area contributed by atoms with Crippen molar-refractivity contribution >= 4 is 6.08 Å². The molecule has 0 atom stereocenters. The minimum Gasteiger partial charge on any atom is -0.486 e. The summed E-state index contributed by atoms with van der Waals surface area (Å²) in [6.45, 7) is 0.498. The van der Waals surface area contributed by atoms with Crippen molar-refractivity contribution in [3.63, 3.8) is 0 Å². The predicted octanol–water partition coefficient (Wildman–Crippen LogP) is 4.32. The molecule has 1 N–H and O–H groups in total. The van der Waals surface area contributed by atoms with Gasteiger partial charge in [0.25, 0.3) is 0 Å². The van der Waals surface area contributed by atoms with E-state index >= 15 is 0 Å². The Morgan fingerprint density at radius 3 is 2.74 bits per heavy atom. The zero-order valence-electron chi connectivity index (χ0n) is 13.3. The second-order valence-corrected chi connectivity index (χ2v) is 5.94. The van der Waals surface area contributed by atoms with Crippen molar-refractivity contribution < 1.29 is 9.84 Å². The molecule has 3 nitrogen and oxygen atoms in total. The average Bonchev–Trinajstić information content (AvgIpc) is 3.13. The summed E-state index contributed by atoms with van der Waals surface area (Å²) in [6.07, 6.45) is 10.5. The third kappa shape index (κ3) is 3.99. The first-order chi connectivity index (χ1) is 11.4. The lowest BCUT2D eigenvalue weighted by Gasteiger charge is -2.18. The summed E-state index contributed by atoms with van der Waals surface area (Å²) in [7, 11) is 0. The number of hydrogen-bond donors (Lipinski definition) is 1. The van der Waals surface area contributed by atoms with Crippen LogP contribution in [0.4, 0.5) is 0 Å². The first-order valence-corrected chi connectivity index (χ1v) is 8.31. The molecule has 0 radical (unpaired) electrons. The molecule has 1 heterocycles. The lowest BCUT2D eigenvalue weighted by Crippen LogP contribution is -2.04. The standard InChI is InChI=1S/C20H23NO2/c22-14-6-10-17-9-5-12-19(16-7-1-2-8-16)20(17)23-15-18-11-3-4-13-21-18/h3-6,9-13,16,22H,1-2,7-8,14-15H2/b10-6+. The summed E-state index contributed by atoms with van der Waals surface area (Å²) in [6, 6.07) is 12.2. The Morgan fingerprint density at radius 2 is 2.00 bits per heavy atom. The Kier molecular flexibility index (Phi) is 5.43. The van der Waals surface area contributed by atoms with Crippen molar-refractivity contribution in [3.05, 3.63) is 65.5 Å². The molecule has 3 rings (SSSR count). The molecule has 0 amide bonds. The zero-order chi connectivity index (χ0) is 15.9. The number of rotatable bonds is 6. The fraction of sp³-hybridized carbons (Fsp3) is 0.350. The first kappa shape index (κ1) is 15.8. The number of ether oxygens (including phenoxy) is 1. The van der Waals surface area contributed by atoms with Crippen molar-refractivity contribution in [3.8, 4) is 5.75 Å². The fourth-order valence-electron chi connectivity index (χ4n) is 3.24. The van der Waals surface area contributed by atoms with E-state index in [2.05, 4.69) is 17.1 Å². The van der Waals surface area contributed by atoms with Gasteiger partial charge in [-0.2, -0.15) is 0 Å². The molecule has 1 saturated carbocycles. The van der Waals surface area contributed by atoms with Crippen LogP contribution < -0.4 is 4.74 Å². The van der Waals surface area contributed by atoms with Crippen molar-refractivity contribution in [2.75, 3.05) is 6.61 Å². The molecule has 120 valence electrons. The molecule has 3 heteroatoms. The Balaban J connectivity index is 1.88.